The van der Waals surface area contributed by atoms with Crippen LogP contribution in [0, 0.1) is 0 Å². The van der Waals surface area contributed by atoms with Crippen LogP contribution in [0.25, 0.3) is 66.1 Å². The van der Waals surface area contributed by atoms with Gasteiger partial charge < -0.3 is 9.32 Å². The quantitative estimate of drug-likeness (QED) is 0.184. The molecule has 242 valence electrons. The molecule has 0 fully saturated rings. The molecule has 9 aromatic rings. The Hall–Kier alpha value is -6.38. The maximum absolute atomic E-state index is 6.58. The summed E-state index contributed by atoms with van der Waals surface area (Å²) in [7, 11) is 0. The van der Waals surface area contributed by atoms with E-state index < -0.39 is 0 Å². The highest BCUT2D eigenvalue weighted by Gasteiger charge is 2.35. The molecule has 0 bridgehead atoms. The van der Waals surface area contributed by atoms with Crippen molar-refractivity contribution in [2.45, 2.75) is 19.3 Å². The van der Waals surface area contributed by atoms with Crippen LogP contribution in [-0.4, -0.2) is 0 Å². The lowest BCUT2D eigenvalue weighted by Gasteiger charge is -2.36. The summed E-state index contributed by atoms with van der Waals surface area (Å²) in [4.78, 5) is 2.31. The number of rotatable bonds is 5. The molecule has 0 unspecified atom stereocenters. The second-order valence-corrected chi connectivity index (χ2v) is 14.1. The third kappa shape index (κ3) is 4.57. The minimum absolute atomic E-state index is 0.195. The first-order chi connectivity index (χ1) is 25.1. The van der Waals surface area contributed by atoms with Crippen LogP contribution in [0.15, 0.2) is 180 Å². The molecule has 0 radical (unpaired) electrons. The highest BCUT2D eigenvalue weighted by Crippen LogP contribution is 2.53. The molecular weight excluding hydrogens is 619 g/mol. The van der Waals surface area contributed by atoms with Gasteiger partial charge in [-0.1, -0.05) is 141 Å². The molecule has 0 amide bonds. The van der Waals surface area contributed by atoms with E-state index in [4.69, 9.17) is 4.42 Å². The number of hydrogen-bond donors (Lipinski definition) is 0. The Morgan fingerprint density at radius 1 is 0.451 bits per heavy atom. The molecule has 2 heteroatoms. The van der Waals surface area contributed by atoms with Crippen LogP contribution < -0.4 is 4.90 Å². The van der Waals surface area contributed by atoms with Crippen molar-refractivity contribution in [3.63, 3.8) is 0 Å². The van der Waals surface area contributed by atoms with E-state index in [0.717, 1.165) is 44.6 Å². The van der Waals surface area contributed by atoms with Gasteiger partial charge in [-0.3, -0.25) is 0 Å². The van der Waals surface area contributed by atoms with Crippen LogP contribution >= 0.6 is 0 Å². The number of fused-ring (bicyclic) bond motifs is 5. The van der Waals surface area contributed by atoms with Crippen molar-refractivity contribution in [2.24, 2.45) is 0 Å². The molecule has 0 N–H and O–H groups in total. The van der Waals surface area contributed by atoms with Gasteiger partial charge >= 0.3 is 0 Å². The van der Waals surface area contributed by atoms with E-state index in [0.29, 0.717) is 0 Å². The van der Waals surface area contributed by atoms with E-state index >= 15 is 0 Å². The second kappa shape index (κ2) is 11.3. The van der Waals surface area contributed by atoms with Gasteiger partial charge in [0, 0.05) is 38.8 Å². The summed E-state index contributed by atoms with van der Waals surface area (Å²) in [5.74, 6) is 0. The number of para-hydroxylation sites is 4. The summed E-state index contributed by atoms with van der Waals surface area (Å²) in [5.41, 5.74) is 15.1. The van der Waals surface area contributed by atoms with Crippen molar-refractivity contribution < 1.29 is 4.42 Å². The average molecular weight is 654 g/mol. The van der Waals surface area contributed by atoms with Crippen LogP contribution in [-0.2, 0) is 5.41 Å². The molecular formula is C49H35NO. The number of anilines is 3. The van der Waals surface area contributed by atoms with Crippen molar-refractivity contribution in [3.05, 3.63) is 187 Å². The number of nitrogens with zero attached hydrogens (tertiary/aromatic N) is 1. The van der Waals surface area contributed by atoms with Crippen LogP contribution in [0.3, 0.4) is 0 Å². The van der Waals surface area contributed by atoms with Crippen LogP contribution in [0.2, 0.25) is 0 Å². The standard InChI is InChI=1S/C49H35NO/c1-49(2)43-21-11-13-33-25-29-39(41-20-12-19-40-38-18-9-10-22-45(38)51-48(40)41)47(46(33)43)42-30-26-34(31-44(42)49)32-23-27-37(28-24-32)50(35-14-5-3-6-15-35)36-16-7-4-8-17-36/h3-31H,1-2H3. The van der Waals surface area contributed by atoms with E-state index in [9.17, 15) is 0 Å². The van der Waals surface area contributed by atoms with Gasteiger partial charge in [0.25, 0.3) is 0 Å². The zero-order valence-corrected chi connectivity index (χ0v) is 28.6. The molecule has 1 heterocycles. The number of benzene rings is 8. The van der Waals surface area contributed by atoms with Gasteiger partial charge in [0.1, 0.15) is 11.2 Å². The average Bonchev–Trinajstić information content (AvgIpc) is 3.57. The fraction of sp³-hybridized carbons (Fsp3) is 0.0612. The van der Waals surface area contributed by atoms with Gasteiger partial charge in [0.2, 0.25) is 0 Å². The zero-order valence-electron chi connectivity index (χ0n) is 28.6. The first-order valence-corrected chi connectivity index (χ1v) is 17.7. The van der Waals surface area contributed by atoms with Crippen LogP contribution in [0.5, 0.6) is 0 Å². The Morgan fingerprint density at radius 3 is 1.84 bits per heavy atom. The Bertz CT molecular complexity index is 2720. The van der Waals surface area contributed by atoms with E-state index in [2.05, 4.69) is 189 Å². The van der Waals surface area contributed by atoms with E-state index in [1.165, 1.54) is 49.7 Å². The first-order valence-electron chi connectivity index (χ1n) is 17.7. The third-order valence-corrected chi connectivity index (χ3v) is 10.9. The number of hydrogen-bond acceptors (Lipinski definition) is 2. The molecule has 2 nitrogen and oxygen atoms in total. The normalized spacial score (nSPS) is 13.1. The molecule has 8 aromatic carbocycles. The molecule has 0 aliphatic heterocycles. The van der Waals surface area contributed by atoms with Gasteiger partial charge in [-0.15, -0.1) is 0 Å². The van der Waals surface area contributed by atoms with E-state index in [1.54, 1.807) is 0 Å². The molecule has 10 rings (SSSR count). The number of furan rings is 1. The largest absolute Gasteiger partial charge is 0.455 e. The lowest BCUT2D eigenvalue weighted by atomic mass is 9.67. The van der Waals surface area contributed by atoms with Gasteiger partial charge in [0.15, 0.2) is 0 Å². The smallest absolute Gasteiger partial charge is 0.143 e. The van der Waals surface area contributed by atoms with Crippen LogP contribution in [0.1, 0.15) is 25.0 Å². The molecule has 51 heavy (non-hydrogen) atoms. The Kier molecular flexibility index (Phi) is 6.56. The van der Waals surface area contributed by atoms with Gasteiger partial charge in [-0.25, -0.2) is 0 Å². The summed E-state index contributed by atoms with van der Waals surface area (Å²) in [6, 6.07) is 63.5. The molecule has 0 atom stereocenters. The highest BCUT2D eigenvalue weighted by molar-refractivity contribution is 6.15. The first kappa shape index (κ1) is 29.5. The predicted octanol–water partition coefficient (Wildman–Crippen LogP) is 13.8. The molecule has 1 aliphatic rings. The summed E-state index contributed by atoms with van der Waals surface area (Å²) in [5, 5.41) is 4.90. The lowest BCUT2D eigenvalue weighted by Crippen LogP contribution is -2.24. The predicted molar refractivity (Wildman–Crippen MR) is 214 cm³/mol. The van der Waals surface area contributed by atoms with Gasteiger partial charge in [0.05, 0.1) is 0 Å². The zero-order chi connectivity index (χ0) is 34.1. The highest BCUT2D eigenvalue weighted by atomic mass is 16.3. The maximum Gasteiger partial charge on any atom is 0.143 e. The van der Waals surface area contributed by atoms with E-state index in [-0.39, 0.29) is 5.41 Å². The summed E-state index contributed by atoms with van der Waals surface area (Å²) in [6.07, 6.45) is 0. The van der Waals surface area contributed by atoms with Crippen LogP contribution in [0.4, 0.5) is 17.1 Å². The van der Waals surface area contributed by atoms with E-state index in [1.807, 2.05) is 6.07 Å². The van der Waals surface area contributed by atoms with Crippen molar-refractivity contribution >= 4 is 49.8 Å². The van der Waals surface area contributed by atoms with Gasteiger partial charge in [-0.2, -0.15) is 0 Å². The van der Waals surface area contributed by atoms with Gasteiger partial charge in [-0.05, 0) is 98.2 Å². The lowest BCUT2D eigenvalue weighted by molar-refractivity contribution is 0.645. The Balaban J connectivity index is 1.13. The topological polar surface area (TPSA) is 16.4 Å². The van der Waals surface area contributed by atoms with Crippen molar-refractivity contribution in [2.75, 3.05) is 4.90 Å². The summed E-state index contributed by atoms with van der Waals surface area (Å²) in [6.45, 7) is 4.75. The molecule has 0 saturated heterocycles. The second-order valence-electron chi connectivity index (χ2n) is 14.1. The SMILES string of the molecule is CC1(C)c2cc(-c3ccc(N(c4ccccc4)c4ccccc4)cc3)ccc2-c2c(-c3cccc4c3oc3ccccc34)ccc3cccc1c23. The van der Waals surface area contributed by atoms with Crippen molar-refractivity contribution in [1.82, 2.24) is 0 Å². The Morgan fingerprint density at radius 2 is 1.08 bits per heavy atom. The Labute approximate surface area is 297 Å². The monoisotopic (exact) mass is 653 g/mol. The fourth-order valence-electron chi connectivity index (χ4n) is 8.37. The maximum atomic E-state index is 6.58. The molecule has 1 aromatic heterocycles. The molecule has 0 saturated carbocycles. The molecule has 0 spiro atoms. The summed E-state index contributed by atoms with van der Waals surface area (Å²) >= 11 is 0. The van der Waals surface area contributed by atoms with Crippen molar-refractivity contribution in [1.29, 1.82) is 0 Å². The minimum Gasteiger partial charge on any atom is -0.455 e. The fourth-order valence-corrected chi connectivity index (χ4v) is 8.37. The summed E-state index contributed by atoms with van der Waals surface area (Å²) < 4.78 is 6.58. The van der Waals surface area contributed by atoms with Crippen molar-refractivity contribution in [3.8, 4) is 33.4 Å². The minimum atomic E-state index is -0.195. The molecule has 1 aliphatic carbocycles. The third-order valence-electron chi connectivity index (χ3n) is 10.9.